The smallest absolute Gasteiger partial charge is 0.263 e. The molecule has 0 spiro atoms. The van der Waals surface area contributed by atoms with Gasteiger partial charge in [0, 0.05) is 34.9 Å². The lowest BCUT2D eigenvalue weighted by Crippen LogP contribution is -2.37. The first-order valence-corrected chi connectivity index (χ1v) is 12.9. The third-order valence-corrected chi connectivity index (χ3v) is 5.93. The average molecular weight is 534 g/mol. The van der Waals surface area contributed by atoms with E-state index in [1.54, 1.807) is 36.5 Å². The molecule has 0 unspecified atom stereocenters. The first-order valence-electron chi connectivity index (χ1n) is 12.6. The third-order valence-electron chi connectivity index (χ3n) is 5.70. The minimum atomic E-state index is -0.358. The van der Waals surface area contributed by atoms with E-state index in [4.69, 9.17) is 21.3 Å². The van der Waals surface area contributed by atoms with Crippen LogP contribution in [0, 0.1) is 0 Å². The summed E-state index contributed by atoms with van der Waals surface area (Å²) in [5.74, 6) is 0.777. The average Bonchev–Trinajstić information content (AvgIpc) is 2.84. The molecule has 1 amide bonds. The summed E-state index contributed by atoms with van der Waals surface area (Å²) in [5, 5.41) is 6.83. The van der Waals surface area contributed by atoms with Gasteiger partial charge in [0.25, 0.3) is 5.56 Å². The maximum absolute atomic E-state index is 13.8. The SMILES string of the molecule is CNCc1cc(OC(C)C)cc(-c2cnc3nc(-c4cccc(Cl)c4)n(CC(=O)NC(C)C)c(=O)c3c2)c1. The van der Waals surface area contributed by atoms with Crippen molar-refractivity contribution in [1.29, 1.82) is 0 Å². The number of nitrogens with one attached hydrogen (secondary N) is 2. The van der Waals surface area contributed by atoms with Crippen LogP contribution in [0.1, 0.15) is 33.3 Å². The van der Waals surface area contributed by atoms with E-state index >= 15 is 0 Å². The van der Waals surface area contributed by atoms with Gasteiger partial charge in [-0.05, 0) is 82.3 Å². The third kappa shape index (κ3) is 6.38. The van der Waals surface area contributed by atoms with Crippen molar-refractivity contribution in [2.45, 2.75) is 52.9 Å². The van der Waals surface area contributed by atoms with Gasteiger partial charge in [0.2, 0.25) is 5.91 Å². The number of hydrogen-bond donors (Lipinski definition) is 2. The summed E-state index contributed by atoms with van der Waals surface area (Å²) < 4.78 is 7.34. The van der Waals surface area contributed by atoms with E-state index in [1.165, 1.54) is 4.57 Å². The molecule has 9 heteroatoms. The van der Waals surface area contributed by atoms with E-state index in [2.05, 4.69) is 15.6 Å². The molecule has 0 saturated carbocycles. The monoisotopic (exact) mass is 533 g/mol. The van der Waals surface area contributed by atoms with E-state index in [1.807, 2.05) is 52.9 Å². The van der Waals surface area contributed by atoms with Crippen molar-refractivity contribution in [2.24, 2.45) is 0 Å². The molecule has 2 N–H and O–H groups in total. The molecule has 2 aromatic carbocycles. The summed E-state index contributed by atoms with van der Waals surface area (Å²) in [5.41, 5.74) is 3.21. The molecule has 0 aliphatic carbocycles. The summed E-state index contributed by atoms with van der Waals surface area (Å²) in [6.07, 6.45) is 1.71. The minimum Gasteiger partial charge on any atom is -0.491 e. The number of amides is 1. The number of fused-ring (bicyclic) bond motifs is 1. The Kier molecular flexibility index (Phi) is 8.44. The summed E-state index contributed by atoms with van der Waals surface area (Å²) in [6, 6.07) is 14.7. The maximum atomic E-state index is 13.8. The van der Waals surface area contributed by atoms with Gasteiger partial charge >= 0.3 is 0 Å². The Morgan fingerprint density at radius 1 is 1.05 bits per heavy atom. The van der Waals surface area contributed by atoms with Crippen molar-refractivity contribution in [2.75, 3.05) is 7.05 Å². The quantitative estimate of drug-likeness (QED) is 0.320. The number of ether oxygens (including phenoxy) is 1. The standard InChI is InChI=1S/C29H32ClN5O3/c1-17(2)33-26(36)16-35-28(20-7-6-8-23(30)11-20)34-27-25(29(35)37)13-22(15-32-27)21-9-19(14-31-5)10-24(12-21)38-18(3)4/h6-13,15,17-18,31H,14,16H2,1-5H3,(H,33,36). The Bertz CT molecular complexity index is 1530. The van der Waals surface area contributed by atoms with E-state index in [-0.39, 0.29) is 30.2 Å². The zero-order valence-electron chi connectivity index (χ0n) is 22.2. The topological polar surface area (TPSA) is 98.1 Å². The fourth-order valence-corrected chi connectivity index (χ4v) is 4.43. The summed E-state index contributed by atoms with van der Waals surface area (Å²) in [4.78, 5) is 35.8. The molecule has 38 heavy (non-hydrogen) atoms. The van der Waals surface area contributed by atoms with Gasteiger partial charge in [-0.2, -0.15) is 0 Å². The van der Waals surface area contributed by atoms with Crippen LogP contribution in [-0.4, -0.2) is 39.6 Å². The molecule has 0 aliphatic heterocycles. The van der Waals surface area contributed by atoms with Gasteiger partial charge < -0.3 is 15.4 Å². The maximum Gasteiger partial charge on any atom is 0.263 e. The Labute approximate surface area is 227 Å². The summed E-state index contributed by atoms with van der Waals surface area (Å²) in [7, 11) is 1.88. The molecule has 0 fully saturated rings. The highest BCUT2D eigenvalue weighted by atomic mass is 35.5. The number of benzene rings is 2. The lowest BCUT2D eigenvalue weighted by atomic mass is 10.0. The second-order valence-corrected chi connectivity index (χ2v) is 10.2. The molecular formula is C29H32ClN5O3. The number of hydrogen-bond acceptors (Lipinski definition) is 6. The van der Waals surface area contributed by atoms with E-state index in [0.717, 1.165) is 22.4 Å². The molecule has 0 bridgehead atoms. The molecule has 0 radical (unpaired) electrons. The molecule has 0 saturated heterocycles. The minimum absolute atomic E-state index is 0.0145. The first kappa shape index (κ1) is 27.3. The van der Waals surface area contributed by atoms with Gasteiger partial charge in [0.1, 0.15) is 18.1 Å². The highest BCUT2D eigenvalue weighted by molar-refractivity contribution is 6.30. The summed E-state index contributed by atoms with van der Waals surface area (Å²) in [6.45, 7) is 8.16. The number of carbonyl (C=O) groups excluding carboxylic acids is 1. The predicted molar refractivity (Wildman–Crippen MR) is 151 cm³/mol. The van der Waals surface area contributed by atoms with Crippen LogP contribution in [0.4, 0.5) is 0 Å². The molecule has 198 valence electrons. The fraction of sp³-hybridized carbons (Fsp3) is 0.310. The molecular weight excluding hydrogens is 502 g/mol. The van der Waals surface area contributed by atoms with Crippen molar-refractivity contribution < 1.29 is 9.53 Å². The van der Waals surface area contributed by atoms with E-state index in [0.29, 0.717) is 34.0 Å². The number of aromatic nitrogens is 3. The van der Waals surface area contributed by atoms with Gasteiger partial charge in [-0.15, -0.1) is 0 Å². The second kappa shape index (κ2) is 11.8. The molecule has 0 atom stereocenters. The van der Waals surface area contributed by atoms with E-state index < -0.39 is 0 Å². The highest BCUT2D eigenvalue weighted by Gasteiger charge is 2.18. The number of pyridine rings is 1. The zero-order chi connectivity index (χ0) is 27.4. The van der Waals surface area contributed by atoms with E-state index in [9.17, 15) is 9.59 Å². The Balaban J connectivity index is 1.89. The molecule has 2 heterocycles. The van der Waals surface area contributed by atoms with Crippen molar-refractivity contribution >= 4 is 28.5 Å². The zero-order valence-corrected chi connectivity index (χ0v) is 23.0. The fourth-order valence-electron chi connectivity index (χ4n) is 4.24. The van der Waals surface area contributed by atoms with Crippen LogP contribution in [0.5, 0.6) is 5.75 Å². The molecule has 0 aliphatic rings. The van der Waals surface area contributed by atoms with Gasteiger partial charge in [-0.1, -0.05) is 23.7 Å². The summed E-state index contributed by atoms with van der Waals surface area (Å²) >= 11 is 6.22. The molecule has 8 nitrogen and oxygen atoms in total. The Hall–Kier alpha value is -3.75. The highest BCUT2D eigenvalue weighted by Crippen LogP contribution is 2.29. The van der Waals surface area contributed by atoms with Crippen LogP contribution < -0.4 is 20.9 Å². The Morgan fingerprint density at radius 3 is 2.53 bits per heavy atom. The number of nitrogens with zero attached hydrogens (tertiary/aromatic N) is 3. The van der Waals surface area contributed by atoms with Crippen LogP contribution in [-0.2, 0) is 17.9 Å². The van der Waals surface area contributed by atoms with Crippen molar-refractivity contribution in [3.63, 3.8) is 0 Å². The number of halogens is 1. The van der Waals surface area contributed by atoms with Crippen LogP contribution in [0.15, 0.2) is 59.5 Å². The lowest BCUT2D eigenvalue weighted by molar-refractivity contribution is -0.122. The van der Waals surface area contributed by atoms with Gasteiger partial charge in [0.15, 0.2) is 5.65 Å². The van der Waals surface area contributed by atoms with Crippen molar-refractivity contribution in [3.05, 3.63) is 75.7 Å². The van der Waals surface area contributed by atoms with Crippen LogP contribution >= 0.6 is 11.6 Å². The Morgan fingerprint density at radius 2 is 1.84 bits per heavy atom. The van der Waals surface area contributed by atoms with Crippen LogP contribution in [0.3, 0.4) is 0 Å². The van der Waals surface area contributed by atoms with Crippen molar-refractivity contribution in [1.82, 2.24) is 25.2 Å². The van der Waals surface area contributed by atoms with Gasteiger partial charge in [-0.3, -0.25) is 14.2 Å². The van der Waals surface area contributed by atoms with Crippen LogP contribution in [0.25, 0.3) is 33.5 Å². The largest absolute Gasteiger partial charge is 0.491 e. The second-order valence-electron chi connectivity index (χ2n) is 9.72. The van der Waals surface area contributed by atoms with Gasteiger partial charge in [0.05, 0.1) is 11.5 Å². The first-order chi connectivity index (χ1) is 18.1. The molecule has 4 rings (SSSR count). The van der Waals surface area contributed by atoms with Crippen molar-refractivity contribution in [3.8, 4) is 28.3 Å². The number of carbonyl (C=O) groups is 1. The molecule has 2 aromatic heterocycles. The lowest BCUT2D eigenvalue weighted by Gasteiger charge is -2.16. The van der Waals surface area contributed by atoms with Gasteiger partial charge in [-0.25, -0.2) is 9.97 Å². The normalized spacial score (nSPS) is 11.4. The number of rotatable bonds is 9. The van der Waals surface area contributed by atoms with Crippen LogP contribution in [0.2, 0.25) is 5.02 Å². The molecule has 4 aromatic rings. The predicted octanol–water partition coefficient (Wildman–Crippen LogP) is 4.81.